The molecule has 5 heteroatoms. The highest BCUT2D eigenvalue weighted by atomic mass is 32.2. The van der Waals surface area contributed by atoms with Gasteiger partial charge in [0, 0.05) is 20.9 Å². The second-order valence-corrected chi connectivity index (χ2v) is 5.02. The van der Waals surface area contributed by atoms with Crippen molar-refractivity contribution in [3.05, 3.63) is 48.4 Å². The quantitative estimate of drug-likeness (QED) is 0.693. The highest BCUT2D eigenvalue weighted by Gasteiger charge is 2.05. The third kappa shape index (κ3) is 2.04. The molecule has 3 rings (SSSR count). The summed E-state index contributed by atoms with van der Waals surface area (Å²) in [6.07, 6.45) is 1.73. The minimum atomic E-state index is -0.239. The maximum Gasteiger partial charge on any atom is 0.123 e. The molecule has 0 atom stereocenters. The Kier molecular flexibility index (Phi) is 2.68. The monoisotopic (exact) mass is 259 g/mol. The molecule has 90 valence electrons. The van der Waals surface area contributed by atoms with E-state index in [2.05, 4.69) is 10.2 Å². The molecule has 0 radical (unpaired) electrons. The molecule has 3 N–H and O–H groups in total. The lowest BCUT2D eigenvalue weighted by molar-refractivity contribution is 0.626. The third-order valence-corrected chi connectivity index (χ3v) is 3.69. The van der Waals surface area contributed by atoms with Crippen molar-refractivity contribution in [2.75, 3.05) is 5.73 Å². The van der Waals surface area contributed by atoms with Gasteiger partial charge >= 0.3 is 0 Å². The van der Waals surface area contributed by atoms with Crippen molar-refractivity contribution in [3.8, 4) is 0 Å². The molecule has 0 aliphatic carbocycles. The van der Waals surface area contributed by atoms with Crippen LogP contribution in [0.2, 0.25) is 0 Å². The van der Waals surface area contributed by atoms with E-state index in [-0.39, 0.29) is 5.82 Å². The van der Waals surface area contributed by atoms with Crippen LogP contribution in [0, 0.1) is 5.82 Å². The number of aromatic nitrogens is 2. The van der Waals surface area contributed by atoms with Crippen molar-refractivity contribution in [1.82, 2.24) is 10.2 Å². The average molecular weight is 259 g/mol. The van der Waals surface area contributed by atoms with Crippen LogP contribution in [0.1, 0.15) is 0 Å². The fraction of sp³-hybridized carbons (Fsp3) is 0. The Morgan fingerprint density at radius 3 is 2.72 bits per heavy atom. The van der Waals surface area contributed by atoms with Gasteiger partial charge in [-0.25, -0.2) is 4.39 Å². The number of hydrogen-bond donors (Lipinski definition) is 2. The number of rotatable bonds is 2. The van der Waals surface area contributed by atoms with Crippen LogP contribution < -0.4 is 5.73 Å². The van der Waals surface area contributed by atoms with Gasteiger partial charge in [0.05, 0.1) is 11.7 Å². The molecule has 2 aromatic carbocycles. The van der Waals surface area contributed by atoms with E-state index in [1.54, 1.807) is 18.3 Å². The van der Waals surface area contributed by atoms with E-state index in [1.807, 2.05) is 12.1 Å². The van der Waals surface area contributed by atoms with E-state index in [4.69, 9.17) is 5.73 Å². The van der Waals surface area contributed by atoms with E-state index in [9.17, 15) is 4.39 Å². The first-order valence-corrected chi connectivity index (χ1v) is 6.20. The molecule has 0 bridgehead atoms. The van der Waals surface area contributed by atoms with E-state index in [1.165, 1.54) is 23.9 Å². The number of anilines is 1. The summed E-state index contributed by atoms with van der Waals surface area (Å²) in [6, 6.07) is 10.2. The van der Waals surface area contributed by atoms with Crippen molar-refractivity contribution < 1.29 is 4.39 Å². The molecule has 0 aliphatic heterocycles. The summed E-state index contributed by atoms with van der Waals surface area (Å²) in [6.45, 7) is 0. The van der Waals surface area contributed by atoms with Crippen molar-refractivity contribution in [2.45, 2.75) is 9.79 Å². The number of nitrogens with two attached hydrogens (primary N) is 1. The van der Waals surface area contributed by atoms with Gasteiger partial charge in [-0.05, 0) is 36.4 Å². The van der Waals surface area contributed by atoms with Crippen molar-refractivity contribution in [3.63, 3.8) is 0 Å². The summed E-state index contributed by atoms with van der Waals surface area (Å²) in [5.74, 6) is -0.239. The zero-order valence-corrected chi connectivity index (χ0v) is 10.2. The number of benzene rings is 2. The summed E-state index contributed by atoms with van der Waals surface area (Å²) in [5.41, 5.74) is 7.62. The maximum absolute atomic E-state index is 12.8. The molecule has 3 nitrogen and oxygen atoms in total. The fourth-order valence-electron chi connectivity index (χ4n) is 1.71. The molecule has 0 fully saturated rings. The Balaban J connectivity index is 1.98. The molecule has 0 aliphatic rings. The second-order valence-electron chi connectivity index (χ2n) is 3.90. The predicted molar refractivity (Wildman–Crippen MR) is 71.0 cm³/mol. The Labute approximate surface area is 107 Å². The summed E-state index contributed by atoms with van der Waals surface area (Å²) < 4.78 is 12.8. The largest absolute Gasteiger partial charge is 0.398 e. The number of nitrogens with zero attached hydrogens (tertiary/aromatic N) is 1. The van der Waals surface area contributed by atoms with Gasteiger partial charge in [0.2, 0.25) is 0 Å². The Hall–Kier alpha value is -2.01. The topological polar surface area (TPSA) is 54.7 Å². The number of hydrogen-bond acceptors (Lipinski definition) is 3. The molecule has 18 heavy (non-hydrogen) atoms. The lowest BCUT2D eigenvalue weighted by atomic mass is 10.2. The standard InChI is InChI=1S/C13H10FN3S/c14-9-1-3-10(4-2-9)18-13-6-12-8(5-11(13)15)7-16-17-12/h1-7H,15H2,(H,16,17). The van der Waals surface area contributed by atoms with Gasteiger partial charge < -0.3 is 5.73 Å². The fourth-order valence-corrected chi connectivity index (χ4v) is 2.59. The van der Waals surface area contributed by atoms with Gasteiger partial charge in [-0.2, -0.15) is 5.10 Å². The van der Waals surface area contributed by atoms with E-state index in [0.29, 0.717) is 5.69 Å². The van der Waals surface area contributed by atoms with E-state index in [0.717, 1.165) is 20.7 Å². The number of aromatic amines is 1. The van der Waals surface area contributed by atoms with Crippen LogP contribution in [0.15, 0.2) is 52.4 Å². The first-order valence-electron chi connectivity index (χ1n) is 5.38. The van der Waals surface area contributed by atoms with Crippen LogP contribution in [0.3, 0.4) is 0 Å². The number of fused-ring (bicyclic) bond motifs is 1. The molecule has 0 saturated carbocycles. The van der Waals surface area contributed by atoms with Crippen molar-refractivity contribution in [1.29, 1.82) is 0 Å². The lowest BCUT2D eigenvalue weighted by Gasteiger charge is -2.05. The van der Waals surface area contributed by atoms with Crippen LogP contribution in [-0.4, -0.2) is 10.2 Å². The van der Waals surface area contributed by atoms with Gasteiger partial charge in [0.25, 0.3) is 0 Å². The Bertz CT molecular complexity index is 691. The summed E-state index contributed by atoms with van der Waals surface area (Å²) in [4.78, 5) is 1.88. The highest BCUT2D eigenvalue weighted by Crippen LogP contribution is 2.34. The average Bonchev–Trinajstić information content (AvgIpc) is 2.79. The molecular formula is C13H10FN3S. The second kappa shape index (κ2) is 4.34. The molecule has 3 aromatic rings. The Morgan fingerprint density at radius 2 is 1.94 bits per heavy atom. The smallest absolute Gasteiger partial charge is 0.123 e. The maximum atomic E-state index is 12.8. The molecule has 0 spiro atoms. The molecular weight excluding hydrogens is 249 g/mol. The normalized spacial score (nSPS) is 10.9. The number of halogens is 1. The molecule has 1 aromatic heterocycles. The van der Waals surface area contributed by atoms with Crippen LogP contribution in [0.5, 0.6) is 0 Å². The zero-order chi connectivity index (χ0) is 12.5. The number of H-pyrrole nitrogens is 1. The van der Waals surface area contributed by atoms with Crippen LogP contribution in [-0.2, 0) is 0 Å². The van der Waals surface area contributed by atoms with E-state index >= 15 is 0 Å². The van der Waals surface area contributed by atoms with Gasteiger partial charge in [-0.15, -0.1) is 0 Å². The highest BCUT2D eigenvalue weighted by molar-refractivity contribution is 7.99. The van der Waals surface area contributed by atoms with Crippen molar-refractivity contribution >= 4 is 28.4 Å². The summed E-state index contributed by atoms with van der Waals surface area (Å²) in [7, 11) is 0. The number of nitrogen functional groups attached to an aromatic ring is 1. The first-order chi connectivity index (χ1) is 8.72. The summed E-state index contributed by atoms with van der Waals surface area (Å²) in [5, 5.41) is 7.85. The molecule has 0 saturated heterocycles. The predicted octanol–water partition coefficient (Wildman–Crippen LogP) is 3.44. The zero-order valence-electron chi connectivity index (χ0n) is 9.35. The third-order valence-electron chi connectivity index (χ3n) is 2.61. The van der Waals surface area contributed by atoms with Gasteiger partial charge in [0.1, 0.15) is 5.82 Å². The van der Waals surface area contributed by atoms with Crippen LogP contribution >= 0.6 is 11.8 Å². The molecule has 0 unspecified atom stereocenters. The SMILES string of the molecule is Nc1cc2cn[nH]c2cc1Sc1ccc(F)cc1. The summed E-state index contributed by atoms with van der Waals surface area (Å²) >= 11 is 1.50. The van der Waals surface area contributed by atoms with Crippen molar-refractivity contribution in [2.24, 2.45) is 0 Å². The first kappa shape index (κ1) is 11.1. The van der Waals surface area contributed by atoms with Gasteiger partial charge in [0.15, 0.2) is 0 Å². The molecule has 1 heterocycles. The van der Waals surface area contributed by atoms with Crippen LogP contribution in [0.25, 0.3) is 10.9 Å². The van der Waals surface area contributed by atoms with Gasteiger partial charge in [-0.1, -0.05) is 11.8 Å². The molecule has 0 amide bonds. The lowest BCUT2D eigenvalue weighted by Crippen LogP contribution is -1.88. The number of nitrogens with one attached hydrogen (secondary N) is 1. The van der Waals surface area contributed by atoms with E-state index < -0.39 is 0 Å². The van der Waals surface area contributed by atoms with Crippen LogP contribution in [0.4, 0.5) is 10.1 Å². The Morgan fingerprint density at radius 1 is 1.17 bits per heavy atom. The van der Waals surface area contributed by atoms with Gasteiger partial charge in [-0.3, -0.25) is 5.10 Å². The minimum Gasteiger partial charge on any atom is -0.398 e. The minimum absolute atomic E-state index is 0.239.